The molecule has 138 valence electrons. The van der Waals surface area contributed by atoms with Crippen LogP contribution in [0.3, 0.4) is 0 Å². The Morgan fingerprint density at radius 1 is 1.12 bits per heavy atom. The van der Waals surface area contributed by atoms with E-state index in [1.165, 1.54) is 16.5 Å². The molecule has 0 saturated carbocycles. The summed E-state index contributed by atoms with van der Waals surface area (Å²) in [6.45, 7) is 2.45. The number of nitrogens with zero attached hydrogens (tertiary/aromatic N) is 1. The van der Waals surface area contributed by atoms with E-state index in [4.69, 9.17) is 4.42 Å². The predicted molar refractivity (Wildman–Crippen MR) is 111 cm³/mol. The number of thioether (sulfide) groups is 1. The number of furan rings is 1. The number of rotatable bonds is 9. The van der Waals surface area contributed by atoms with Crippen LogP contribution in [0.25, 0.3) is 10.9 Å². The highest BCUT2D eigenvalue weighted by Gasteiger charge is 2.04. The van der Waals surface area contributed by atoms with Gasteiger partial charge in [0.1, 0.15) is 5.76 Å². The van der Waals surface area contributed by atoms with Gasteiger partial charge in [0.2, 0.25) is 0 Å². The summed E-state index contributed by atoms with van der Waals surface area (Å²) in [4.78, 5) is 7.98. The van der Waals surface area contributed by atoms with Crippen LogP contribution in [0.15, 0.2) is 58.3 Å². The van der Waals surface area contributed by atoms with E-state index < -0.39 is 0 Å². The number of nitrogens with one attached hydrogen (secondary N) is 3. The first-order valence-electron chi connectivity index (χ1n) is 8.95. The van der Waals surface area contributed by atoms with Gasteiger partial charge in [-0.3, -0.25) is 4.99 Å². The quantitative estimate of drug-likeness (QED) is 0.307. The minimum Gasteiger partial charge on any atom is -0.469 e. The molecule has 0 radical (unpaired) electrons. The lowest BCUT2D eigenvalue weighted by Gasteiger charge is -2.12. The van der Waals surface area contributed by atoms with Gasteiger partial charge in [-0.05, 0) is 36.4 Å². The molecule has 6 heteroatoms. The van der Waals surface area contributed by atoms with Crippen molar-refractivity contribution in [2.45, 2.75) is 12.8 Å². The van der Waals surface area contributed by atoms with E-state index in [1.54, 1.807) is 18.0 Å². The monoisotopic (exact) mass is 370 g/mol. The van der Waals surface area contributed by atoms with Crippen molar-refractivity contribution in [1.29, 1.82) is 0 Å². The molecule has 0 aliphatic heterocycles. The van der Waals surface area contributed by atoms with Crippen LogP contribution < -0.4 is 10.6 Å². The van der Waals surface area contributed by atoms with Crippen molar-refractivity contribution in [3.63, 3.8) is 0 Å². The third-order valence-corrected chi connectivity index (χ3v) is 4.76. The summed E-state index contributed by atoms with van der Waals surface area (Å²) in [5.41, 5.74) is 2.51. The zero-order valence-electron chi connectivity index (χ0n) is 15.1. The minimum absolute atomic E-state index is 0.797. The maximum absolute atomic E-state index is 5.38. The third kappa shape index (κ3) is 5.33. The van der Waals surface area contributed by atoms with Gasteiger partial charge in [0, 0.05) is 42.4 Å². The zero-order valence-corrected chi connectivity index (χ0v) is 15.9. The molecule has 0 amide bonds. The van der Waals surface area contributed by atoms with E-state index >= 15 is 0 Å². The molecule has 0 atom stereocenters. The standard InChI is InChI=1S/C20H26N4OS/c1-26-14-12-23-20(22-11-9-17-5-4-13-25-17)21-10-8-16-15-24-19-7-3-2-6-18(16)19/h2-7,13,15,24H,8-12,14H2,1H3,(H2,21,22,23). The van der Waals surface area contributed by atoms with E-state index in [2.05, 4.69) is 57.3 Å². The minimum atomic E-state index is 0.797. The number of fused-ring (bicyclic) bond motifs is 1. The van der Waals surface area contributed by atoms with Crippen molar-refractivity contribution in [2.24, 2.45) is 4.99 Å². The molecule has 3 aromatic rings. The Morgan fingerprint density at radius 3 is 2.77 bits per heavy atom. The van der Waals surface area contributed by atoms with E-state index in [-0.39, 0.29) is 0 Å². The molecule has 0 saturated heterocycles. The number of hydrogen-bond donors (Lipinski definition) is 3. The molecule has 5 nitrogen and oxygen atoms in total. The molecule has 1 aromatic carbocycles. The Kier molecular flexibility index (Phi) is 7.07. The highest BCUT2D eigenvalue weighted by Crippen LogP contribution is 2.17. The summed E-state index contributed by atoms with van der Waals surface area (Å²) >= 11 is 1.81. The molecule has 26 heavy (non-hydrogen) atoms. The number of guanidine groups is 1. The molecular formula is C20H26N4OS. The highest BCUT2D eigenvalue weighted by molar-refractivity contribution is 7.98. The number of hydrogen-bond acceptors (Lipinski definition) is 3. The van der Waals surface area contributed by atoms with Crippen molar-refractivity contribution in [2.75, 3.05) is 31.6 Å². The summed E-state index contributed by atoms with van der Waals surface area (Å²) in [5.74, 6) is 2.87. The number of H-pyrrole nitrogens is 1. The number of aliphatic imine (C=N–C) groups is 1. The van der Waals surface area contributed by atoms with Crippen LogP contribution in [0.1, 0.15) is 11.3 Å². The lowest BCUT2D eigenvalue weighted by molar-refractivity contribution is 0.507. The lowest BCUT2D eigenvalue weighted by atomic mass is 10.1. The SMILES string of the molecule is CSCCN=C(NCCc1ccco1)NCCc1c[nH]c2ccccc12. The Balaban J connectivity index is 1.50. The van der Waals surface area contributed by atoms with Crippen molar-refractivity contribution in [1.82, 2.24) is 15.6 Å². The summed E-state index contributed by atoms with van der Waals surface area (Å²) in [7, 11) is 0. The molecule has 2 heterocycles. The van der Waals surface area contributed by atoms with Gasteiger partial charge in [0.25, 0.3) is 0 Å². The van der Waals surface area contributed by atoms with Crippen LogP contribution >= 0.6 is 11.8 Å². The highest BCUT2D eigenvalue weighted by atomic mass is 32.2. The first kappa shape index (κ1) is 18.5. The number of benzene rings is 1. The van der Waals surface area contributed by atoms with Crippen LogP contribution in [0, 0.1) is 0 Å². The van der Waals surface area contributed by atoms with Gasteiger partial charge >= 0.3 is 0 Å². The first-order chi connectivity index (χ1) is 12.9. The van der Waals surface area contributed by atoms with Gasteiger partial charge in [-0.15, -0.1) is 0 Å². The maximum atomic E-state index is 5.38. The van der Waals surface area contributed by atoms with Crippen LogP contribution in [-0.4, -0.2) is 42.6 Å². The molecule has 3 N–H and O–H groups in total. The van der Waals surface area contributed by atoms with E-state index in [0.29, 0.717) is 0 Å². The van der Waals surface area contributed by atoms with Crippen molar-refractivity contribution >= 4 is 28.6 Å². The molecule has 0 aliphatic rings. The fourth-order valence-corrected chi connectivity index (χ4v) is 3.11. The molecule has 0 spiro atoms. The molecular weight excluding hydrogens is 344 g/mol. The van der Waals surface area contributed by atoms with Gasteiger partial charge in [-0.2, -0.15) is 11.8 Å². The fourth-order valence-electron chi connectivity index (χ4n) is 2.84. The van der Waals surface area contributed by atoms with Crippen molar-refractivity contribution in [3.05, 3.63) is 60.2 Å². The summed E-state index contributed by atoms with van der Waals surface area (Å²) in [5, 5.41) is 8.14. The lowest BCUT2D eigenvalue weighted by Crippen LogP contribution is -2.39. The largest absolute Gasteiger partial charge is 0.469 e. The summed E-state index contributed by atoms with van der Waals surface area (Å²) in [6, 6.07) is 12.3. The molecule has 0 unspecified atom stereocenters. The maximum Gasteiger partial charge on any atom is 0.191 e. The molecule has 2 aromatic heterocycles. The van der Waals surface area contributed by atoms with Gasteiger partial charge in [-0.1, -0.05) is 18.2 Å². The average molecular weight is 371 g/mol. The van der Waals surface area contributed by atoms with Crippen molar-refractivity contribution in [3.8, 4) is 0 Å². The average Bonchev–Trinajstić information content (AvgIpc) is 3.32. The van der Waals surface area contributed by atoms with Crippen LogP contribution in [0.2, 0.25) is 0 Å². The summed E-state index contributed by atoms with van der Waals surface area (Å²) in [6.07, 6.45) is 7.71. The zero-order chi connectivity index (χ0) is 18.0. The topological polar surface area (TPSA) is 65.3 Å². The van der Waals surface area contributed by atoms with Gasteiger partial charge < -0.3 is 20.0 Å². The fraction of sp³-hybridized carbons (Fsp3) is 0.350. The molecule has 0 bridgehead atoms. The molecule has 0 fully saturated rings. The van der Waals surface area contributed by atoms with E-state index in [9.17, 15) is 0 Å². The number of aromatic amines is 1. The first-order valence-corrected chi connectivity index (χ1v) is 10.3. The van der Waals surface area contributed by atoms with Gasteiger partial charge in [0.05, 0.1) is 12.8 Å². The van der Waals surface area contributed by atoms with Crippen molar-refractivity contribution < 1.29 is 4.42 Å². The Labute approximate surface area is 158 Å². The Bertz CT molecular complexity index is 810. The normalized spacial score (nSPS) is 11.8. The second-order valence-electron chi connectivity index (χ2n) is 6.02. The van der Waals surface area contributed by atoms with Crippen LogP contribution in [-0.2, 0) is 12.8 Å². The number of para-hydroxylation sites is 1. The molecule has 0 aliphatic carbocycles. The molecule has 3 rings (SSSR count). The predicted octanol–water partition coefficient (Wildman–Crippen LogP) is 3.44. The summed E-state index contributed by atoms with van der Waals surface area (Å²) < 4.78 is 5.38. The second kappa shape index (κ2) is 9.97. The number of aromatic nitrogens is 1. The van der Waals surface area contributed by atoms with Gasteiger partial charge in [-0.25, -0.2) is 0 Å². The smallest absolute Gasteiger partial charge is 0.191 e. The Morgan fingerprint density at radius 2 is 1.96 bits per heavy atom. The van der Waals surface area contributed by atoms with Crippen LogP contribution in [0.5, 0.6) is 0 Å². The second-order valence-corrected chi connectivity index (χ2v) is 7.00. The van der Waals surface area contributed by atoms with Crippen LogP contribution in [0.4, 0.5) is 0 Å². The third-order valence-electron chi connectivity index (χ3n) is 4.17. The Hall–Kier alpha value is -2.34. The van der Waals surface area contributed by atoms with E-state index in [0.717, 1.165) is 49.9 Å². The van der Waals surface area contributed by atoms with E-state index in [1.807, 2.05) is 12.1 Å². The van der Waals surface area contributed by atoms with Gasteiger partial charge in [0.15, 0.2) is 5.96 Å².